The quantitative estimate of drug-likeness (QED) is 0.847. The lowest BCUT2D eigenvalue weighted by molar-refractivity contribution is -0.0832. The van der Waals surface area contributed by atoms with E-state index in [2.05, 4.69) is 34.9 Å². The van der Waals surface area contributed by atoms with Crippen LogP contribution in [0.15, 0.2) is 18.2 Å². The summed E-state index contributed by atoms with van der Waals surface area (Å²) in [5, 5.41) is 11.0. The summed E-state index contributed by atoms with van der Waals surface area (Å²) in [6.45, 7) is 8.62. The third-order valence-corrected chi connectivity index (χ3v) is 6.84. The molecule has 4 heteroatoms. The van der Waals surface area contributed by atoms with Crippen LogP contribution in [-0.2, 0) is 13.1 Å². The van der Waals surface area contributed by atoms with Gasteiger partial charge in [0.15, 0.2) is 0 Å². The zero-order valence-corrected chi connectivity index (χ0v) is 16.4. The van der Waals surface area contributed by atoms with Crippen LogP contribution in [0.1, 0.15) is 50.2 Å². The summed E-state index contributed by atoms with van der Waals surface area (Å²) in [5.41, 5.74) is 2.27. The van der Waals surface area contributed by atoms with E-state index in [0.29, 0.717) is 11.8 Å². The summed E-state index contributed by atoms with van der Waals surface area (Å²) in [6.07, 6.45) is 6.00. The molecule has 1 aromatic carbocycles. The molecule has 1 aromatic rings. The molecule has 1 N–H and O–H groups in total. The molecule has 0 aromatic heterocycles. The van der Waals surface area contributed by atoms with E-state index >= 15 is 0 Å². The van der Waals surface area contributed by atoms with Crippen molar-refractivity contribution in [2.45, 2.75) is 57.7 Å². The van der Waals surface area contributed by atoms with Gasteiger partial charge in [0.25, 0.3) is 0 Å². The molecule has 1 saturated carbocycles. The van der Waals surface area contributed by atoms with Crippen LogP contribution < -0.4 is 4.74 Å². The number of benzene rings is 1. The number of nitrogens with zero attached hydrogens (tertiary/aromatic N) is 2. The SMILES string of the molecule is COc1ccc(CN2CCC(O)(C3CC3)C(C)C2)cc1CN1CCCC1. The number of methoxy groups -OCH3 is 1. The van der Waals surface area contributed by atoms with Gasteiger partial charge in [0, 0.05) is 31.7 Å². The van der Waals surface area contributed by atoms with Crippen LogP contribution in [0.3, 0.4) is 0 Å². The molecule has 3 fully saturated rings. The molecule has 4 rings (SSSR count). The summed E-state index contributed by atoms with van der Waals surface area (Å²) in [4.78, 5) is 5.04. The van der Waals surface area contributed by atoms with Crippen molar-refractivity contribution in [3.63, 3.8) is 0 Å². The molecule has 2 aliphatic heterocycles. The van der Waals surface area contributed by atoms with E-state index in [1.807, 2.05) is 0 Å². The minimum Gasteiger partial charge on any atom is -0.496 e. The lowest BCUT2D eigenvalue weighted by atomic mass is 9.78. The van der Waals surface area contributed by atoms with E-state index in [1.165, 1.54) is 49.9 Å². The molecule has 144 valence electrons. The van der Waals surface area contributed by atoms with Crippen LogP contribution in [0.5, 0.6) is 5.75 Å². The number of hydrogen-bond donors (Lipinski definition) is 1. The molecular weight excluding hydrogens is 324 g/mol. The summed E-state index contributed by atoms with van der Waals surface area (Å²) >= 11 is 0. The molecule has 26 heavy (non-hydrogen) atoms. The van der Waals surface area contributed by atoms with E-state index in [-0.39, 0.29) is 0 Å². The van der Waals surface area contributed by atoms with Gasteiger partial charge in [0.05, 0.1) is 12.7 Å². The van der Waals surface area contributed by atoms with Crippen LogP contribution in [-0.4, -0.2) is 53.8 Å². The van der Waals surface area contributed by atoms with Gasteiger partial charge in [-0.05, 0) is 74.7 Å². The number of likely N-dealkylation sites (tertiary alicyclic amines) is 2. The van der Waals surface area contributed by atoms with Gasteiger partial charge in [-0.15, -0.1) is 0 Å². The molecule has 0 bridgehead atoms. The topological polar surface area (TPSA) is 35.9 Å². The number of piperidine rings is 1. The molecule has 1 aliphatic carbocycles. The van der Waals surface area contributed by atoms with Gasteiger partial charge in [-0.1, -0.05) is 13.0 Å². The number of hydrogen-bond acceptors (Lipinski definition) is 4. The molecule has 2 atom stereocenters. The van der Waals surface area contributed by atoms with Gasteiger partial charge in [0.1, 0.15) is 5.75 Å². The first-order chi connectivity index (χ1) is 12.6. The molecular formula is C22H34N2O2. The van der Waals surface area contributed by atoms with Gasteiger partial charge in [-0.2, -0.15) is 0 Å². The highest BCUT2D eigenvalue weighted by atomic mass is 16.5. The zero-order chi connectivity index (χ0) is 18.1. The molecule has 0 amide bonds. The van der Waals surface area contributed by atoms with E-state index in [9.17, 15) is 5.11 Å². The molecule has 2 heterocycles. The average molecular weight is 359 g/mol. The smallest absolute Gasteiger partial charge is 0.123 e. The first-order valence-electron chi connectivity index (χ1n) is 10.4. The Morgan fingerprint density at radius 1 is 1.12 bits per heavy atom. The summed E-state index contributed by atoms with van der Waals surface area (Å²) in [6, 6.07) is 6.68. The van der Waals surface area contributed by atoms with E-state index < -0.39 is 5.60 Å². The highest BCUT2D eigenvalue weighted by Gasteiger charge is 2.49. The summed E-state index contributed by atoms with van der Waals surface area (Å²) < 4.78 is 5.60. The minimum atomic E-state index is -0.405. The third kappa shape index (κ3) is 3.78. The maximum absolute atomic E-state index is 11.0. The lowest BCUT2D eigenvalue weighted by Crippen LogP contribution is -2.51. The largest absolute Gasteiger partial charge is 0.496 e. The average Bonchev–Trinajstić information content (AvgIpc) is 3.38. The van der Waals surface area contributed by atoms with Crippen LogP contribution in [0, 0.1) is 11.8 Å². The van der Waals surface area contributed by atoms with Crippen LogP contribution in [0.25, 0.3) is 0 Å². The molecule has 0 spiro atoms. The van der Waals surface area contributed by atoms with Gasteiger partial charge in [0.2, 0.25) is 0 Å². The summed E-state index contributed by atoms with van der Waals surface area (Å²) in [5.74, 6) is 1.94. The standard InChI is InChI=1S/C22H34N2O2/c1-17-14-24(12-9-22(17,25)20-6-7-20)15-18-5-8-21(26-2)19(13-18)16-23-10-3-4-11-23/h5,8,13,17,20,25H,3-4,6-7,9-12,14-16H2,1-2H3. The monoisotopic (exact) mass is 358 g/mol. The Morgan fingerprint density at radius 3 is 2.54 bits per heavy atom. The molecule has 2 unspecified atom stereocenters. The van der Waals surface area contributed by atoms with Crippen LogP contribution in [0.4, 0.5) is 0 Å². The predicted molar refractivity (Wildman–Crippen MR) is 104 cm³/mol. The van der Waals surface area contributed by atoms with Crippen molar-refractivity contribution < 1.29 is 9.84 Å². The number of rotatable bonds is 6. The maximum atomic E-state index is 11.0. The van der Waals surface area contributed by atoms with Crippen molar-refractivity contribution in [1.29, 1.82) is 0 Å². The Bertz CT molecular complexity index is 625. The van der Waals surface area contributed by atoms with Crippen molar-refractivity contribution in [3.8, 4) is 5.75 Å². The molecule has 3 aliphatic rings. The van der Waals surface area contributed by atoms with Crippen LogP contribution >= 0.6 is 0 Å². The number of ether oxygens (including phenoxy) is 1. The fourth-order valence-electron chi connectivity index (χ4n) is 5.05. The van der Waals surface area contributed by atoms with Gasteiger partial charge < -0.3 is 9.84 Å². The van der Waals surface area contributed by atoms with Crippen molar-refractivity contribution in [3.05, 3.63) is 29.3 Å². The highest BCUT2D eigenvalue weighted by molar-refractivity contribution is 5.37. The fourth-order valence-corrected chi connectivity index (χ4v) is 5.05. The highest BCUT2D eigenvalue weighted by Crippen LogP contribution is 2.47. The number of aliphatic hydroxyl groups is 1. The second-order valence-electron chi connectivity index (χ2n) is 8.78. The van der Waals surface area contributed by atoms with E-state index in [0.717, 1.165) is 38.3 Å². The zero-order valence-electron chi connectivity index (χ0n) is 16.4. The Kier molecular flexibility index (Phi) is 5.27. The first kappa shape index (κ1) is 18.3. The van der Waals surface area contributed by atoms with Crippen molar-refractivity contribution in [2.75, 3.05) is 33.3 Å². The molecule has 2 saturated heterocycles. The Labute approximate surface area is 158 Å². The Hall–Kier alpha value is -1.10. The van der Waals surface area contributed by atoms with Crippen molar-refractivity contribution in [2.24, 2.45) is 11.8 Å². The summed E-state index contributed by atoms with van der Waals surface area (Å²) in [7, 11) is 1.77. The fraction of sp³-hybridized carbons (Fsp3) is 0.727. The van der Waals surface area contributed by atoms with Crippen molar-refractivity contribution >= 4 is 0 Å². The van der Waals surface area contributed by atoms with Gasteiger partial charge >= 0.3 is 0 Å². The second-order valence-corrected chi connectivity index (χ2v) is 8.78. The molecule has 0 radical (unpaired) electrons. The normalized spacial score (nSPS) is 30.7. The van der Waals surface area contributed by atoms with Crippen LogP contribution in [0.2, 0.25) is 0 Å². The maximum Gasteiger partial charge on any atom is 0.123 e. The van der Waals surface area contributed by atoms with Gasteiger partial charge in [-0.3, -0.25) is 9.80 Å². The minimum absolute atomic E-state index is 0.367. The Morgan fingerprint density at radius 2 is 1.88 bits per heavy atom. The van der Waals surface area contributed by atoms with E-state index in [1.54, 1.807) is 7.11 Å². The van der Waals surface area contributed by atoms with E-state index in [4.69, 9.17) is 4.74 Å². The lowest BCUT2D eigenvalue weighted by Gasteiger charge is -2.43. The van der Waals surface area contributed by atoms with Gasteiger partial charge in [-0.25, -0.2) is 0 Å². The molecule has 4 nitrogen and oxygen atoms in total. The third-order valence-electron chi connectivity index (χ3n) is 6.84. The first-order valence-corrected chi connectivity index (χ1v) is 10.4. The predicted octanol–water partition coefficient (Wildman–Crippen LogP) is 3.27. The Balaban J connectivity index is 1.41. The van der Waals surface area contributed by atoms with Crippen molar-refractivity contribution in [1.82, 2.24) is 9.80 Å². The second kappa shape index (κ2) is 7.49.